The predicted molar refractivity (Wildman–Crippen MR) is 122 cm³/mol. The molecule has 1 aliphatic heterocycles. The van der Waals surface area contributed by atoms with Crippen LogP contribution >= 0.6 is 0 Å². The van der Waals surface area contributed by atoms with Crippen LogP contribution < -0.4 is 15.4 Å². The number of hydrogen-bond acceptors (Lipinski definition) is 3. The first kappa shape index (κ1) is 24.0. The topological polar surface area (TPSA) is 53.6 Å². The molecule has 2 atom stereocenters. The number of piperidine rings is 1. The van der Waals surface area contributed by atoms with Crippen molar-refractivity contribution in [3.05, 3.63) is 65.5 Å². The summed E-state index contributed by atoms with van der Waals surface area (Å²) >= 11 is 0. The van der Waals surface area contributed by atoms with Crippen molar-refractivity contribution >= 4 is 6.03 Å². The predicted octanol–water partition coefficient (Wildman–Crippen LogP) is 4.52. The maximum atomic E-state index is 13.7. The van der Waals surface area contributed by atoms with Gasteiger partial charge in [-0.3, -0.25) is 4.39 Å². The molecule has 2 amide bonds. The minimum atomic E-state index is -0.497. The Morgan fingerprint density at radius 2 is 1.84 bits per heavy atom. The van der Waals surface area contributed by atoms with Gasteiger partial charge in [0, 0.05) is 31.6 Å². The van der Waals surface area contributed by atoms with Gasteiger partial charge in [0.1, 0.15) is 11.6 Å². The summed E-state index contributed by atoms with van der Waals surface area (Å²) in [5.74, 6) is 0.651. The Bertz CT molecular complexity index is 843. The molecule has 0 aromatic heterocycles. The van der Waals surface area contributed by atoms with Gasteiger partial charge in [-0.1, -0.05) is 38.1 Å². The lowest BCUT2D eigenvalue weighted by atomic mass is 9.92. The minimum absolute atomic E-state index is 0.224. The van der Waals surface area contributed by atoms with Crippen LogP contribution in [-0.2, 0) is 13.1 Å². The van der Waals surface area contributed by atoms with Gasteiger partial charge < -0.3 is 20.3 Å². The third kappa shape index (κ3) is 6.92. The third-order valence-electron chi connectivity index (χ3n) is 5.64. The van der Waals surface area contributed by atoms with Gasteiger partial charge >= 0.3 is 6.03 Å². The van der Waals surface area contributed by atoms with E-state index in [1.165, 1.54) is 12.1 Å². The number of nitrogens with one attached hydrogen (secondary N) is 2. The number of nitrogens with zero attached hydrogens (tertiary/aromatic N) is 1. The highest BCUT2D eigenvalue weighted by molar-refractivity contribution is 5.74. The van der Waals surface area contributed by atoms with Gasteiger partial charge in [0.25, 0.3) is 0 Å². The van der Waals surface area contributed by atoms with Crippen molar-refractivity contribution in [1.82, 2.24) is 15.5 Å². The van der Waals surface area contributed by atoms with E-state index < -0.39 is 6.67 Å². The van der Waals surface area contributed by atoms with Crippen molar-refractivity contribution in [1.29, 1.82) is 0 Å². The van der Waals surface area contributed by atoms with Crippen LogP contribution in [0.15, 0.2) is 48.5 Å². The van der Waals surface area contributed by atoms with Crippen molar-refractivity contribution in [2.75, 3.05) is 26.4 Å². The summed E-state index contributed by atoms with van der Waals surface area (Å²) < 4.78 is 32.7. The quantitative estimate of drug-likeness (QED) is 0.597. The molecule has 7 heteroatoms. The second-order valence-corrected chi connectivity index (χ2v) is 8.74. The van der Waals surface area contributed by atoms with Crippen LogP contribution in [0, 0.1) is 17.7 Å². The van der Waals surface area contributed by atoms with Gasteiger partial charge in [0.05, 0.1) is 13.3 Å². The molecule has 2 aromatic rings. The van der Waals surface area contributed by atoms with Crippen LogP contribution in [0.4, 0.5) is 13.6 Å². The summed E-state index contributed by atoms with van der Waals surface area (Å²) in [5.41, 5.74) is 1.76. The first-order valence-corrected chi connectivity index (χ1v) is 11.2. The standard InChI is InChI=1S/C25H33F2N3O2/c1-18(2)17-32-23-9-5-19(6-10-23)14-29-25(31)30(16-20-3-7-22(27)8-4-20)24-11-12-28-15-21(24)13-26/h3-10,18,21,24,28H,11-17H2,1-2H3,(H,29,31). The zero-order valence-corrected chi connectivity index (χ0v) is 18.8. The smallest absolute Gasteiger partial charge is 0.318 e. The van der Waals surface area contributed by atoms with E-state index >= 15 is 0 Å². The average Bonchev–Trinajstić information content (AvgIpc) is 2.81. The monoisotopic (exact) mass is 445 g/mol. The molecule has 0 spiro atoms. The summed E-state index contributed by atoms with van der Waals surface area (Å²) in [7, 11) is 0. The number of hydrogen-bond donors (Lipinski definition) is 2. The lowest BCUT2D eigenvalue weighted by Gasteiger charge is -2.39. The van der Waals surface area contributed by atoms with Crippen molar-refractivity contribution in [3.63, 3.8) is 0 Å². The minimum Gasteiger partial charge on any atom is -0.493 e. The van der Waals surface area contributed by atoms with Crippen molar-refractivity contribution in [2.45, 2.75) is 39.4 Å². The SMILES string of the molecule is CC(C)COc1ccc(CNC(=O)N(Cc2ccc(F)cc2)C2CCNCC2CF)cc1. The second kappa shape index (κ2) is 11.8. The molecular weight excluding hydrogens is 412 g/mol. The summed E-state index contributed by atoms with van der Waals surface area (Å²) in [5, 5.41) is 6.17. The van der Waals surface area contributed by atoms with E-state index in [-0.39, 0.29) is 23.8 Å². The maximum Gasteiger partial charge on any atom is 0.318 e. The molecule has 1 heterocycles. The summed E-state index contributed by atoms with van der Waals surface area (Å²) in [4.78, 5) is 14.9. The maximum absolute atomic E-state index is 13.7. The molecule has 2 N–H and O–H groups in total. The zero-order valence-electron chi connectivity index (χ0n) is 18.8. The van der Waals surface area contributed by atoms with Crippen LogP contribution in [0.5, 0.6) is 5.75 Å². The van der Waals surface area contributed by atoms with Crippen LogP contribution in [0.2, 0.25) is 0 Å². The van der Waals surface area contributed by atoms with Gasteiger partial charge in [0.15, 0.2) is 0 Å². The Hall–Kier alpha value is -2.67. The largest absolute Gasteiger partial charge is 0.493 e. The highest BCUT2D eigenvalue weighted by Gasteiger charge is 2.33. The average molecular weight is 446 g/mol. The molecule has 0 bridgehead atoms. The van der Waals surface area contributed by atoms with E-state index in [0.717, 1.165) is 23.4 Å². The molecule has 174 valence electrons. The third-order valence-corrected chi connectivity index (χ3v) is 5.64. The number of carbonyl (C=O) groups is 1. The molecule has 1 saturated heterocycles. The lowest BCUT2D eigenvalue weighted by Crippen LogP contribution is -2.54. The molecule has 0 aliphatic carbocycles. The Morgan fingerprint density at radius 3 is 2.50 bits per heavy atom. The van der Waals surface area contributed by atoms with Crippen LogP contribution in [0.25, 0.3) is 0 Å². The van der Waals surface area contributed by atoms with E-state index in [9.17, 15) is 13.6 Å². The molecule has 0 saturated carbocycles. The Kier molecular flexibility index (Phi) is 8.85. The van der Waals surface area contributed by atoms with Crippen LogP contribution in [-0.4, -0.2) is 43.3 Å². The van der Waals surface area contributed by atoms with Gasteiger partial charge in [-0.2, -0.15) is 0 Å². The highest BCUT2D eigenvalue weighted by atomic mass is 19.1. The van der Waals surface area contributed by atoms with Crippen LogP contribution in [0.3, 0.4) is 0 Å². The van der Waals surface area contributed by atoms with Crippen molar-refractivity contribution in [3.8, 4) is 5.75 Å². The lowest BCUT2D eigenvalue weighted by molar-refractivity contribution is 0.108. The normalized spacial score (nSPS) is 18.4. The highest BCUT2D eigenvalue weighted by Crippen LogP contribution is 2.22. The first-order chi connectivity index (χ1) is 15.5. The van der Waals surface area contributed by atoms with Crippen molar-refractivity contribution in [2.24, 2.45) is 11.8 Å². The number of carbonyl (C=O) groups excluding carboxylic acids is 1. The van der Waals surface area contributed by atoms with Gasteiger partial charge in [-0.25, -0.2) is 9.18 Å². The number of urea groups is 1. The van der Waals surface area contributed by atoms with E-state index in [4.69, 9.17) is 4.74 Å². The fourth-order valence-electron chi connectivity index (χ4n) is 3.85. The molecule has 2 aromatic carbocycles. The molecule has 32 heavy (non-hydrogen) atoms. The summed E-state index contributed by atoms with van der Waals surface area (Å²) in [6, 6.07) is 13.3. The first-order valence-electron chi connectivity index (χ1n) is 11.2. The zero-order chi connectivity index (χ0) is 22.9. The summed E-state index contributed by atoms with van der Waals surface area (Å²) in [6.45, 7) is 6.26. The number of rotatable bonds is 9. The molecule has 2 unspecified atom stereocenters. The molecule has 1 fully saturated rings. The van der Waals surface area contributed by atoms with Crippen molar-refractivity contribution < 1.29 is 18.3 Å². The van der Waals surface area contributed by atoms with E-state index in [1.807, 2.05) is 24.3 Å². The molecular formula is C25H33F2N3O2. The van der Waals surface area contributed by atoms with Gasteiger partial charge in [0.2, 0.25) is 0 Å². The molecule has 5 nitrogen and oxygen atoms in total. The molecule has 1 aliphatic rings. The number of halogens is 2. The Morgan fingerprint density at radius 1 is 1.16 bits per heavy atom. The van der Waals surface area contributed by atoms with E-state index in [0.29, 0.717) is 38.6 Å². The second-order valence-electron chi connectivity index (χ2n) is 8.74. The van der Waals surface area contributed by atoms with Gasteiger partial charge in [-0.05, 0) is 54.3 Å². The van der Waals surface area contributed by atoms with Gasteiger partial charge in [-0.15, -0.1) is 0 Å². The summed E-state index contributed by atoms with van der Waals surface area (Å²) in [6.07, 6.45) is 0.672. The molecule has 0 radical (unpaired) electrons. The van der Waals surface area contributed by atoms with E-state index in [1.54, 1.807) is 17.0 Å². The fraction of sp³-hybridized carbons (Fsp3) is 0.480. The fourth-order valence-corrected chi connectivity index (χ4v) is 3.85. The molecule has 3 rings (SSSR count). The number of alkyl halides is 1. The number of amides is 2. The Balaban J connectivity index is 1.66. The number of benzene rings is 2. The number of ether oxygens (including phenoxy) is 1. The van der Waals surface area contributed by atoms with E-state index in [2.05, 4.69) is 24.5 Å². The van der Waals surface area contributed by atoms with Crippen LogP contribution in [0.1, 0.15) is 31.4 Å². The Labute approximate surface area is 189 Å².